The largest absolute Gasteiger partial charge is 0.327 e. The van der Waals surface area contributed by atoms with Crippen molar-refractivity contribution in [2.45, 2.75) is 63.3 Å². The Morgan fingerprint density at radius 3 is 2.41 bits per heavy atom. The van der Waals surface area contributed by atoms with E-state index in [1.165, 1.54) is 13.8 Å². The number of carbonyl (C=O) groups is 1. The van der Waals surface area contributed by atoms with Gasteiger partial charge in [0.25, 0.3) is 0 Å². The van der Waals surface area contributed by atoms with Crippen molar-refractivity contribution in [3.63, 3.8) is 0 Å². The van der Waals surface area contributed by atoms with Crippen LogP contribution in [-0.4, -0.2) is 23.5 Å². The molecule has 1 spiro atoms. The average molecular weight is 412 g/mol. The van der Waals surface area contributed by atoms with Gasteiger partial charge in [-0.1, -0.05) is 24.3 Å². The van der Waals surface area contributed by atoms with E-state index < -0.39 is 17.1 Å². The van der Waals surface area contributed by atoms with Crippen molar-refractivity contribution in [3.05, 3.63) is 56.8 Å². The van der Waals surface area contributed by atoms with Crippen LogP contribution in [0.3, 0.4) is 0 Å². The summed E-state index contributed by atoms with van der Waals surface area (Å²) >= 11 is 1.57. The molecule has 1 aliphatic heterocycles. The van der Waals surface area contributed by atoms with Gasteiger partial charge in [0.05, 0.1) is 22.7 Å². The molecule has 2 fully saturated rings. The second-order valence-corrected chi connectivity index (χ2v) is 10.2. The molecule has 152 valence electrons. The molecule has 0 radical (unpaired) electrons. The molecule has 1 amide bonds. The van der Waals surface area contributed by atoms with Crippen LogP contribution in [0.15, 0.2) is 30.3 Å². The van der Waals surface area contributed by atoms with Crippen LogP contribution in [0.25, 0.3) is 0 Å². The van der Waals surface area contributed by atoms with Crippen molar-refractivity contribution in [2.24, 2.45) is 0 Å². The molecule has 2 heterocycles. The first-order valence-electron chi connectivity index (χ1n) is 9.89. The molecule has 1 saturated heterocycles. The normalized spacial score (nSPS) is 25.9. The van der Waals surface area contributed by atoms with Crippen LogP contribution in [0.4, 0.5) is 4.39 Å². The molecule has 1 aromatic heterocycles. The highest BCUT2D eigenvalue weighted by Crippen LogP contribution is 2.53. The second-order valence-electron chi connectivity index (χ2n) is 8.98. The van der Waals surface area contributed by atoms with E-state index in [4.69, 9.17) is 0 Å². The van der Waals surface area contributed by atoms with E-state index in [9.17, 15) is 14.4 Å². The van der Waals surface area contributed by atoms with Crippen LogP contribution in [-0.2, 0) is 16.0 Å². The topological polar surface area (TPSA) is 56.1 Å². The van der Waals surface area contributed by atoms with E-state index in [1.54, 1.807) is 23.5 Å². The Balaban J connectivity index is 1.84. The lowest BCUT2D eigenvalue weighted by Gasteiger charge is -2.50. The number of hydrogen-bond acceptors (Lipinski definition) is 4. The lowest BCUT2D eigenvalue weighted by Crippen LogP contribution is -2.66. The third-order valence-electron chi connectivity index (χ3n) is 6.49. The smallest absolute Gasteiger partial charge is 0.233 e. The highest BCUT2D eigenvalue weighted by molar-refractivity contribution is 7.12. The molecule has 2 aromatic rings. The fraction of sp³-hybridized carbons (Fsp3) is 0.478. The van der Waals surface area contributed by atoms with Gasteiger partial charge in [-0.3, -0.25) is 10.1 Å². The van der Waals surface area contributed by atoms with E-state index >= 15 is 0 Å². The van der Waals surface area contributed by atoms with Crippen LogP contribution in [0.5, 0.6) is 0 Å². The Kier molecular flexibility index (Phi) is 4.42. The molecule has 2 atom stereocenters. The maximum atomic E-state index is 14.3. The number of hydrogen-bond donors (Lipinski definition) is 1. The van der Waals surface area contributed by atoms with Gasteiger partial charge in [0.1, 0.15) is 11.7 Å². The molecule has 0 bridgehead atoms. The average Bonchev–Trinajstić information content (AvgIpc) is 3.32. The zero-order valence-electron chi connectivity index (χ0n) is 17.5. The Morgan fingerprint density at radius 1 is 1.31 bits per heavy atom. The van der Waals surface area contributed by atoms with Gasteiger partial charge in [0, 0.05) is 16.8 Å². The number of likely N-dealkylation sites (N-methyl/N-ethyl adjacent to an activating group) is 1. The minimum atomic E-state index is -1.43. The number of rotatable bonds is 3. The van der Waals surface area contributed by atoms with Crippen LogP contribution in [0.1, 0.15) is 66.0 Å². The Morgan fingerprint density at radius 2 is 1.93 bits per heavy atom. The van der Waals surface area contributed by atoms with Gasteiger partial charge in [-0.15, -0.1) is 11.3 Å². The highest BCUT2D eigenvalue weighted by atomic mass is 32.1. The standard InChI is InChI=1S/C23H26FN3OS/c1-14-16(13-25)12-18(29-14)22(4)19(20(28)27(5)23(26-22)10-11-23)15-6-8-17(9-7-15)21(2,3)24/h6-9,12,19,26H,10-11H2,1-5H3. The van der Waals surface area contributed by atoms with Gasteiger partial charge < -0.3 is 4.90 Å². The molecule has 1 aliphatic carbocycles. The summed E-state index contributed by atoms with van der Waals surface area (Å²) in [7, 11) is 1.86. The maximum Gasteiger partial charge on any atom is 0.233 e. The molecule has 2 aliphatic rings. The van der Waals surface area contributed by atoms with Crippen LogP contribution in [0, 0.1) is 18.3 Å². The Bertz CT molecular complexity index is 1010. The Labute approximate surface area is 175 Å². The fourth-order valence-corrected chi connectivity index (χ4v) is 5.57. The highest BCUT2D eigenvalue weighted by Gasteiger charge is 2.61. The summed E-state index contributed by atoms with van der Waals surface area (Å²) in [5.74, 6) is -0.402. The zero-order valence-corrected chi connectivity index (χ0v) is 18.3. The van der Waals surface area contributed by atoms with Crippen molar-refractivity contribution in [3.8, 4) is 6.07 Å². The molecule has 4 rings (SSSR count). The minimum absolute atomic E-state index is 0.0561. The van der Waals surface area contributed by atoms with Crippen LogP contribution >= 0.6 is 11.3 Å². The number of nitriles is 1. The van der Waals surface area contributed by atoms with Gasteiger partial charge >= 0.3 is 0 Å². The number of carbonyl (C=O) groups excluding carboxylic acids is 1. The first kappa shape index (κ1) is 20.1. The minimum Gasteiger partial charge on any atom is -0.327 e. The van der Waals surface area contributed by atoms with Gasteiger partial charge in [0.15, 0.2) is 0 Å². The molecule has 4 nitrogen and oxygen atoms in total. The number of alkyl halides is 1. The number of aryl methyl sites for hydroxylation is 1. The quantitative estimate of drug-likeness (QED) is 0.798. The number of amides is 1. The van der Waals surface area contributed by atoms with Gasteiger partial charge in [-0.25, -0.2) is 4.39 Å². The van der Waals surface area contributed by atoms with E-state index in [1.807, 2.05) is 37.1 Å². The van der Waals surface area contributed by atoms with E-state index in [0.717, 1.165) is 28.2 Å². The van der Waals surface area contributed by atoms with E-state index in [2.05, 4.69) is 18.3 Å². The second kappa shape index (κ2) is 6.38. The van der Waals surface area contributed by atoms with Gasteiger partial charge in [0.2, 0.25) is 5.91 Å². The van der Waals surface area contributed by atoms with Crippen molar-refractivity contribution in [1.29, 1.82) is 5.26 Å². The molecule has 2 unspecified atom stereocenters. The number of nitrogens with zero attached hydrogens (tertiary/aromatic N) is 2. The summed E-state index contributed by atoms with van der Waals surface area (Å²) in [4.78, 5) is 17.3. The van der Waals surface area contributed by atoms with E-state index in [-0.39, 0.29) is 11.6 Å². The third-order valence-corrected chi connectivity index (χ3v) is 7.78. The zero-order chi connectivity index (χ0) is 21.2. The fourth-order valence-electron chi connectivity index (χ4n) is 4.47. The SMILES string of the molecule is Cc1sc(C2(C)NC3(CC3)N(C)C(=O)C2c2ccc(C(C)(C)F)cc2)cc1C#N. The summed E-state index contributed by atoms with van der Waals surface area (Å²) in [5.41, 5.74) is -0.295. The monoisotopic (exact) mass is 411 g/mol. The summed E-state index contributed by atoms with van der Waals surface area (Å²) < 4.78 is 14.3. The first-order chi connectivity index (χ1) is 13.5. The summed E-state index contributed by atoms with van der Waals surface area (Å²) in [6, 6.07) is 11.4. The molecule has 1 N–H and O–H groups in total. The summed E-state index contributed by atoms with van der Waals surface area (Å²) in [6.07, 6.45) is 1.84. The van der Waals surface area contributed by atoms with Crippen molar-refractivity contribution < 1.29 is 9.18 Å². The van der Waals surface area contributed by atoms with Gasteiger partial charge in [-0.05, 0) is 57.7 Å². The number of halogens is 1. The molecular formula is C23H26FN3OS. The molecule has 1 aromatic carbocycles. The number of nitrogens with one attached hydrogen (secondary N) is 1. The molecule has 1 saturated carbocycles. The lowest BCUT2D eigenvalue weighted by atomic mass is 9.75. The Hall–Kier alpha value is -2.23. The summed E-state index contributed by atoms with van der Waals surface area (Å²) in [5, 5.41) is 13.2. The van der Waals surface area contributed by atoms with Crippen molar-refractivity contribution in [1.82, 2.24) is 10.2 Å². The third kappa shape index (κ3) is 3.08. The van der Waals surface area contributed by atoms with Crippen LogP contribution in [0.2, 0.25) is 0 Å². The molecular weight excluding hydrogens is 385 g/mol. The predicted molar refractivity (Wildman–Crippen MR) is 112 cm³/mol. The van der Waals surface area contributed by atoms with Crippen molar-refractivity contribution >= 4 is 17.2 Å². The number of benzene rings is 1. The van der Waals surface area contributed by atoms with Crippen LogP contribution < -0.4 is 5.32 Å². The lowest BCUT2D eigenvalue weighted by molar-refractivity contribution is -0.143. The molecule has 29 heavy (non-hydrogen) atoms. The van der Waals surface area contributed by atoms with Crippen molar-refractivity contribution in [2.75, 3.05) is 7.05 Å². The summed E-state index contributed by atoms with van der Waals surface area (Å²) in [6.45, 7) is 7.05. The predicted octanol–water partition coefficient (Wildman–Crippen LogP) is 4.68. The van der Waals surface area contributed by atoms with E-state index in [0.29, 0.717) is 11.1 Å². The van der Waals surface area contributed by atoms with Gasteiger partial charge in [-0.2, -0.15) is 5.26 Å². The first-order valence-corrected chi connectivity index (χ1v) is 10.7. The number of thiophene rings is 1. The molecule has 6 heteroatoms. The maximum absolute atomic E-state index is 14.3.